The number of ether oxygens (including phenoxy) is 1. The first kappa shape index (κ1) is 13.7. The van der Waals surface area contributed by atoms with E-state index in [4.69, 9.17) is 4.74 Å². The summed E-state index contributed by atoms with van der Waals surface area (Å²) in [6, 6.07) is 0.275. The Balaban J connectivity index is 1.78. The number of amides is 1. The molecule has 1 saturated carbocycles. The molecule has 0 radical (unpaired) electrons. The van der Waals surface area contributed by atoms with Crippen LogP contribution in [-0.2, 0) is 4.74 Å². The van der Waals surface area contributed by atoms with Crippen molar-refractivity contribution in [2.24, 2.45) is 5.92 Å². The molecular weight excluding hydrogens is 226 g/mol. The Morgan fingerprint density at radius 2 is 2.00 bits per heavy atom. The third-order valence-corrected chi connectivity index (χ3v) is 4.41. The van der Waals surface area contributed by atoms with E-state index in [2.05, 4.69) is 12.2 Å². The van der Waals surface area contributed by atoms with Crippen molar-refractivity contribution in [1.29, 1.82) is 0 Å². The van der Waals surface area contributed by atoms with Crippen molar-refractivity contribution in [2.75, 3.05) is 0 Å². The van der Waals surface area contributed by atoms with Crippen LogP contribution in [0.15, 0.2) is 0 Å². The minimum atomic E-state index is -0.197. The van der Waals surface area contributed by atoms with Crippen LogP contribution in [0.4, 0.5) is 4.79 Å². The lowest BCUT2D eigenvalue weighted by atomic mass is 9.83. The molecule has 3 heteroatoms. The fraction of sp³-hybridized carbons (Fsp3) is 0.933. The molecular formula is C15H27NO2. The molecule has 2 aliphatic rings. The van der Waals surface area contributed by atoms with E-state index in [1.165, 1.54) is 51.4 Å². The van der Waals surface area contributed by atoms with Crippen LogP contribution in [0.2, 0.25) is 0 Å². The average Bonchev–Trinajstić information content (AvgIpc) is 2.71. The van der Waals surface area contributed by atoms with Gasteiger partial charge in [0.2, 0.25) is 0 Å². The fourth-order valence-electron chi connectivity index (χ4n) is 3.35. The van der Waals surface area contributed by atoms with Crippen molar-refractivity contribution in [3.63, 3.8) is 0 Å². The van der Waals surface area contributed by atoms with Crippen LogP contribution < -0.4 is 5.32 Å². The normalized spacial score (nSPS) is 29.1. The van der Waals surface area contributed by atoms with Gasteiger partial charge in [-0.05, 0) is 25.2 Å². The van der Waals surface area contributed by atoms with Gasteiger partial charge in [-0.1, -0.05) is 51.9 Å². The molecule has 0 spiro atoms. The summed E-state index contributed by atoms with van der Waals surface area (Å²) in [5, 5.41) is 3.02. The number of unbranched alkanes of at least 4 members (excludes halogenated alkanes) is 2. The Kier molecular flexibility index (Phi) is 5.33. The number of alkyl carbamates (subject to hydrolysis) is 1. The van der Waals surface area contributed by atoms with E-state index in [0.717, 1.165) is 18.8 Å². The summed E-state index contributed by atoms with van der Waals surface area (Å²) >= 11 is 0. The van der Waals surface area contributed by atoms with Crippen LogP contribution in [0.25, 0.3) is 0 Å². The maximum atomic E-state index is 11.4. The summed E-state index contributed by atoms with van der Waals surface area (Å²) in [4.78, 5) is 11.4. The van der Waals surface area contributed by atoms with Gasteiger partial charge in [-0.2, -0.15) is 0 Å². The standard InChI is InChI=1S/C15H27NO2/c1-2-3-5-10-14-13(16-15(17)18-14)11-12-8-6-4-7-9-12/h12-14H,2-11H2,1H3,(H,16,17)/t13-,14-/m0/s1. The van der Waals surface area contributed by atoms with E-state index in [0.29, 0.717) is 0 Å². The summed E-state index contributed by atoms with van der Waals surface area (Å²) in [6.45, 7) is 2.21. The molecule has 0 aromatic rings. The van der Waals surface area contributed by atoms with Crippen LogP contribution in [0.5, 0.6) is 0 Å². The highest BCUT2D eigenvalue weighted by molar-refractivity contribution is 5.70. The summed E-state index contributed by atoms with van der Waals surface area (Å²) in [5.41, 5.74) is 0. The van der Waals surface area contributed by atoms with Crippen LogP contribution in [0.3, 0.4) is 0 Å². The van der Waals surface area contributed by atoms with E-state index in [1.807, 2.05) is 0 Å². The van der Waals surface area contributed by atoms with Gasteiger partial charge in [0.1, 0.15) is 6.10 Å². The van der Waals surface area contributed by atoms with E-state index in [-0.39, 0.29) is 18.2 Å². The molecule has 2 atom stereocenters. The van der Waals surface area contributed by atoms with Crippen molar-refractivity contribution >= 4 is 6.09 Å². The zero-order valence-electron chi connectivity index (χ0n) is 11.6. The first-order valence-corrected chi connectivity index (χ1v) is 7.76. The molecule has 1 aliphatic heterocycles. The number of carbonyl (C=O) groups is 1. The van der Waals surface area contributed by atoms with E-state index in [9.17, 15) is 4.79 Å². The number of carbonyl (C=O) groups excluding carboxylic acids is 1. The highest BCUT2D eigenvalue weighted by atomic mass is 16.6. The average molecular weight is 253 g/mol. The smallest absolute Gasteiger partial charge is 0.407 e. The van der Waals surface area contributed by atoms with Gasteiger partial charge in [-0.3, -0.25) is 0 Å². The Hall–Kier alpha value is -0.730. The summed E-state index contributed by atoms with van der Waals surface area (Å²) in [5.74, 6) is 0.805. The molecule has 1 N–H and O–H groups in total. The molecule has 0 bridgehead atoms. The lowest BCUT2D eigenvalue weighted by Crippen LogP contribution is -2.34. The molecule has 1 heterocycles. The fourth-order valence-corrected chi connectivity index (χ4v) is 3.35. The van der Waals surface area contributed by atoms with Crippen LogP contribution in [-0.4, -0.2) is 18.2 Å². The largest absolute Gasteiger partial charge is 0.444 e. The highest BCUT2D eigenvalue weighted by Gasteiger charge is 2.35. The summed E-state index contributed by atoms with van der Waals surface area (Å²) in [7, 11) is 0. The van der Waals surface area contributed by atoms with Crippen LogP contribution >= 0.6 is 0 Å². The zero-order valence-corrected chi connectivity index (χ0v) is 11.6. The van der Waals surface area contributed by atoms with Crippen molar-refractivity contribution < 1.29 is 9.53 Å². The van der Waals surface area contributed by atoms with E-state index in [1.54, 1.807) is 0 Å². The zero-order chi connectivity index (χ0) is 12.8. The highest BCUT2D eigenvalue weighted by Crippen LogP contribution is 2.30. The SMILES string of the molecule is CCCCC[C@@H]1OC(=O)N[C@H]1CC1CCCCC1. The third kappa shape index (κ3) is 3.89. The van der Waals surface area contributed by atoms with Gasteiger partial charge >= 0.3 is 6.09 Å². The van der Waals surface area contributed by atoms with E-state index >= 15 is 0 Å². The second-order valence-electron chi connectivity index (χ2n) is 5.93. The number of hydrogen-bond acceptors (Lipinski definition) is 2. The summed E-state index contributed by atoms with van der Waals surface area (Å²) in [6.07, 6.45) is 12.5. The molecule has 2 fully saturated rings. The van der Waals surface area contributed by atoms with Crippen molar-refractivity contribution in [3.05, 3.63) is 0 Å². The topological polar surface area (TPSA) is 38.3 Å². The predicted molar refractivity (Wildman–Crippen MR) is 72.5 cm³/mol. The second-order valence-corrected chi connectivity index (χ2v) is 5.93. The molecule has 1 amide bonds. The maximum absolute atomic E-state index is 11.4. The molecule has 2 rings (SSSR count). The first-order chi connectivity index (χ1) is 8.79. The van der Waals surface area contributed by atoms with Gasteiger partial charge in [0, 0.05) is 0 Å². The number of hydrogen-bond donors (Lipinski definition) is 1. The Labute approximate surface area is 111 Å². The van der Waals surface area contributed by atoms with Crippen molar-refractivity contribution in [2.45, 2.75) is 83.3 Å². The lowest BCUT2D eigenvalue weighted by molar-refractivity contribution is 0.118. The molecule has 0 unspecified atom stereocenters. The van der Waals surface area contributed by atoms with Crippen molar-refractivity contribution in [3.8, 4) is 0 Å². The van der Waals surface area contributed by atoms with E-state index < -0.39 is 0 Å². The Morgan fingerprint density at radius 1 is 1.22 bits per heavy atom. The monoisotopic (exact) mass is 253 g/mol. The van der Waals surface area contributed by atoms with Crippen LogP contribution in [0.1, 0.15) is 71.1 Å². The second kappa shape index (κ2) is 7.01. The van der Waals surface area contributed by atoms with Gasteiger partial charge in [-0.25, -0.2) is 4.79 Å². The number of cyclic esters (lactones) is 1. The molecule has 104 valence electrons. The van der Waals surface area contributed by atoms with Crippen molar-refractivity contribution in [1.82, 2.24) is 5.32 Å². The van der Waals surface area contributed by atoms with Crippen LogP contribution in [0, 0.1) is 5.92 Å². The molecule has 0 aromatic carbocycles. The number of rotatable bonds is 6. The molecule has 1 saturated heterocycles. The predicted octanol–water partition coefficient (Wildman–Crippen LogP) is 4.01. The molecule has 3 nitrogen and oxygen atoms in total. The molecule has 18 heavy (non-hydrogen) atoms. The minimum absolute atomic E-state index is 0.131. The lowest BCUT2D eigenvalue weighted by Gasteiger charge is -2.26. The first-order valence-electron chi connectivity index (χ1n) is 7.76. The van der Waals surface area contributed by atoms with Gasteiger partial charge in [0.25, 0.3) is 0 Å². The van der Waals surface area contributed by atoms with Gasteiger partial charge in [0.05, 0.1) is 6.04 Å². The number of nitrogens with one attached hydrogen (secondary N) is 1. The maximum Gasteiger partial charge on any atom is 0.407 e. The Bertz CT molecular complexity index is 261. The van der Waals surface area contributed by atoms with Gasteiger partial charge in [0.15, 0.2) is 0 Å². The molecule has 1 aliphatic carbocycles. The minimum Gasteiger partial charge on any atom is -0.444 e. The van der Waals surface area contributed by atoms with Gasteiger partial charge < -0.3 is 10.1 Å². The summed E-state index contributed by atoms with van der Waals surface area (Å²) < 4.78 is 5.41. The quantitative estimate of drug-likeness (QED) is 0.726. The Morgan fingerprint density at radius 3 is 2.72 bits per heavy atom. The molecule has 0 aromatic heterocycles. The van der Waals surface area contributed by atoms with Gasteiger partial charge in [-0.15, -0.1) is 0 Å². The third-order valence-electron chi connectivity index (χ3n) is 4.41.